The molecular formula is C30H27N3O3S. The van der Waals surface area contributed by atoms with E-state index >= 15 is 0 Å². The number of carbonyl (C=O) groups is 1. The van der Waals surface area contributed by atoms with Gasteiger partial charge in [-0.2, -0.15) is 5.26 Å². The lowest BCUT2D eigenvalue weighted by atomic mass is 10.0. The van der Waals surface area contributed by atoms with Gasteiger partial charge in [0, 0.05) is 11.3 Å². The molecule has 0 aliphatic rings. The van der Waals surface area contributed by atoms with Crippen LogP contribution in [0.2, 0.25) is 0 Å². The number of rotatable bonds is 7. The Morgan fingerprint density at radius 2 is 1.73 bits per heavy atom. The van der Waals surface area contributed by atoms with Gasteiger partial charge in [0.25, 0.3) is 11.5 Å². The number of amides is 1. The maximum Gasteiger partial charge on any atom is 0.273 e. The van der Waals surface area contributed by atoms with Gasteiger partial charge in [0.2, 0.25) is 0 Å². The summed E-state index contributed by atoms with van der Waals surface area (Å²) in [4.78, 5) is 26.9. The highest BCUT2D eigenvalue weighted by Gasteiger charge is 2.17. The summed E-state index contributed by atoms with van der Waals surface area (Å²) in [6, 6.07) is 26.0. The van der Waals surface area contributed by atoms with Crippen LogP contribution in [0.15, 0.2) is 83.7 Å². The van der Waals surface area contributed by atoms with Gasteiger partial charge < -0.3 is 10.1 Å². The Morgan fingerprint density at radius 3 is 2.38 bits per heavy atom. The molecule has 7 heteroatoms. The van der Waals surface area contributed by atoms with Crippen molar-refractivity contribution in [1.82, 2.24) is 4.57 Å². The molecule has 1 amide bonds. The number of hydrogen-bond acceptors (Lipinski definition) is 5. The fourth-order valence-corrected chi connectivity index (χ4v) is 4.92. The van der Waals surface area contributed by atoms with E-state index in [-0.39, 0.29) is 15.8 Å². The van der Waals surface area contributed by atoms with Crippen LogP contribution in [0, 0.1) is 11.3 Å². The third-order valence-corrected chi connectivity index (χ3v) is 6.82. The number of anilines is 1. The van der Waals surface area contributed by atoms with E-state index in [4.69, 9.17) is 4.74 Å². The summed E-state index contributed by atoms with van der Waals surface area (Å²) in [6.45, 7) is 6.57. The zero-order valence-electron chi connectivity index (χ0n) is 20.9. The van der Waals surface area contributed by atoms with Gasteiger partial charge in [-0.05, 0) is 54.8 Å². The first kappa shape index (κ1) is 25.7. The molecule has 1 N–H and O–H groups in total. The highest BCUT2D eigenvalue weighted by Crippen LogP contribution is 2.19. The quantitative estimate of drug-likeness (QED) is 0.396. The largest absolute Gasteiger partial charge is 0.493 e. The van der Waals surface area contributed by atoms with Crippen LogP contribution in [0.4, 0.5) is 5.69 Å². The van der Waals surface area contributed by atoms with Crippen LogP contribution < -0.4 is 24.8 Å². The fourth-order valence-electron chi connectivity index (χ4n) is 3.83. The van der Waals surface area contributed by atoms with Crippen LogP contribution in [0.1, 0.15) is 37.8 Å². The zero-order chi connectivity index (χ0) is 26.4. The van der Waals surface area contributed by atoms with Crippen molar-refractivity contribution in [3.8, 4) is 17.5 Å². The average molecular weight is 510 g/mol. The van der Waals surface area contributed by atoms with Crippen LogP contribution >= 0.6 is 11.3 Å². The number of aromatic nitrogens is 1. The molecule has 6 nitrogen and oxygen atoms in total. The third-order valence-electron chi connectivity index (χ3n) is 5.73. The number of thiazole rings is 1. The van der Waals surface area contributed by atoms with E-state index in [2.05, 4.69) is 19.2 Å². The van der Waals surface area contributed by atoms with Gasteiger partial charge in [0.05, 0.1) is 16.8 Å². The van der Waals surface area contributed by atoms with Crippen molar-refractivity contribution in [2.24, 2.45) is 0 Å². The molecule has 0 saturated carbocycles. The van der Waals surface area contributed by atoms with Crippen LogP contribution in [0.5, 0.6) is 5.75 Å². The minimum Gasteiger partial charge on any atom is -0.493 e. The molecule has 0 spiro atoms. The van der Waals surface area contributed by atoms with Crippen LogP contribution in [0.25, 0.3) is 17.3 Å². The van der Waals surface area contributed by atoms with Crippen molar-refractivity contribution in [2.45, 2.75) is 26.7 Å². The summed E-state index contributed by atoms with van der Waals surface area (Å²) < 4.78 is 7.77. The van der Waals surface area contributed by atoms with Gasteiger partial charge in [0.1, 0.15) is 16.5 Å². The van der Waals surface area contributed by atoms with E-state index in [1.165, 1.54) is 4.57 Å². The molecule has 4 aromatic rings. The van der Waals surface area contributed by atoms with Crippen molar-refractivity contribution in [3.05, 3.63) is 110 Å². The third kappa shape index (κ3) is 5.71. The second-order valence-electron chi connectivity index (χ2n) is 8.58. The van der Waals surface area contributed by atoms with Gasteiger partial charge in [-0.3, -0.25) is 14.2 Å². The average Bonchev–Trinajstić information content (AvgIpc) is 3.21. The number of hydrogen-bond donors (Lipinski definition) is 1. The summed E-state index contributed by atoms with van der Waals surface area (Å²) in [5.41, 5.74) is 2.56. The topological polar surface area (TPSA) is 84.1 Å². The smallest absolute Gasteiger partial charge is 0.273 e. The Labute approximate surface area is 219 Å². The van der Waals surface area contributed by atoms with Gasteiger partial charge >= 0.3 is 0 Å². The van der Waals surface area contributed by atoms with E-state index < -0.39 is 5.91 Å². The number of nitriles is 1. The number of nitrogens with zero attached hydrogens (tertiary/aromatic N) is 2. The molecule has 3 aromatic carbocycles. The lowest BCUT2D eigenvalue weighted by Gasteiger charge is -2.08. The summed E-state index contributed by atoms with van der Waals surface area (Å²) in [5.74, 6) is 0.435. The molecule has 0 aliphatic heterocycles. The summed E-state index contributed by atoms with van der Waals surface area (Å²) in [5, 5.41) is 12.8. The van der Waals surface area contributed by atoms with Crippen LogP contribution in [-0.4, -0.2) is 17.1 Å². The van der Waals surface area contributed by atoms with Gasteiger partial charge in [0.15, 0.2) is 5.57 Å². The molecule has 0 saturated heterocycles. The van der Waals surface area contributed by atoms with E-state index in [1.807, 2.05) is 67.6 Å². The van der Waals surface area contributed by atoms with E-state index in [0.29, 0.717) is 34.2 Å². The number of benzene rings is 3. The second-order valence-corrected chi connectivity index (χ2v) is 9.61. The number of para-hydroxylation sites is 2. The van der Waals surface area contributed by atoms with Crippen molar-refractivity contribution in [2.75, 3.05) is 11.9 Å². The highest BCUT2D eigenvalue weighted by molar-refractivity contribution is 7.07. The number of nitrogens with one attached hydrogen (secondary N) is 1. The maximum absolute atomic E-state index is 13.6. The Kier molecular flexibility index (Phi) is 8.02. The summed E-state index contributed by atoms with van der Waals surface area (Å²) in [7, 11) is 0. The van der Waals surface area contributed by atoms with Gasteiger partial charge in [-0.1, -0.05) is 62.4 Å². The molecule has 4 rings (SSSR count). The van der Waals surface area contributed by atoms with E-state index in [0.717, 1.165) is 22.5 Å². The van der Waals surface area contributed by atoms with Gasteiger partial charge in [-0.15, -0.1) is 11.3 Å². The van der Waals surface area contributed by atoms with E-state index in [9.17, 15) is 14.9 Å². The lowest BCUT2D eigenvalue weighted by Crippen LogP contribution is -2.32. The lowest BCUT2D eigenvalue weighted by molar-refractivity contribution is -0.111. The molecule has 0 aliphatic carbocycles. The molecular weight excluding hydrogens is 482 g/mol. The molecule has 0 radical (unpaired) electrons. The van der Waals surface area contributed by atoms with Crippen molar-refractivity contribution in [3.63, 3.8) is 0 Å². The highest BCUT2D eigenvalue weighted by atomic mass is 32.1. The summed E-state index contributed by atoms with van der Waals surface area (Å²) in [6.07, 6.45) is 1.73. The molecule has 186 valence electrons. The van der Waals surface area contributed by atoms with Crippen molar-refractivity contribution >= 4 is 34.6 Å². The molecule has 0 atom stereocenters. The maximum atomic E-state index is 13.6. The standard InChI is InChI=1S/C30H27N3O3S/c1-4-36-26-13-9-8-10-22(26)18-27-29(35)33(24-11-6-5-7-12-24)30(37-27)25(19-31)28(34)32-23-16-14-21(15-17-23)20(2)3/h5-18,20H,4H2,1-3H3,(H,32,34)/b27-18+,30-25+. The fraction of sp³-hybridized carbons (Fsp3) is 0.167. The first-order valence-corrected chi connectivity index (χ1v) is 12.8. The minimum atomic E-state index is -0.577. The zero-order valence-corrected chi connectivity index (χ0v) is 21.7. The Hall–Kier alpha value is -4.41. The number of carbonyl (C=O) groups excluding carboxylic acids is 1. The van der Waals surface area contributed by atoms with Gasteiger partial charge in [-0.25, -0.2) is 0 Å². The first-order chi connectivity index (χ1) is 17.9. The Balaban J connectivity index is 1.89. The SMILES string of the molecule is CCOc1ccccc1/C=c1/s/c(=C(\C#N)C(=O)Nc2ccc(C(C)C)cc2)n(-c2ccccc2)c1=O. The Morgan fingerprint density at radius 1 is 1.05 bits per heavy atom. The van der Waals surface area contributed by atoms with Crippen molar-refractivity contribution in [1.29, 1.82) is 5.26 Å². The predicted molar refractivity (Wildman–Crippen MR) is 149 cm³/mol. The van der Waals surface area contributed by atoms with Crippen LogP contribution in [-0.2, 0) is 4.79 Å². The normalized spacial score (nSPS) is 12.2. The summed E-state index contributed by atoms with van der Waals surface area (Å²) >= 11 is 1.10. The first-order valence-electron chi connectivity index (χ1n) is 12.0. The molecule has 0 unspecified atom stereocenters. The molecule has 0 fully saturated rings. The predicted octanol–water partition coefficient (Wildman–Crippen LogP) is 4.56. The van der Waals surface area contributed by atoms with E-state index in [1.54, 1.807) is 30.3 Å². The number of ether oxygens (including phenoxy) is 1. The Bertz CT molecular complexity index is 1630. The van der Waals surface area contributed by atoms with Crippen molar-refractivity contribution < 1.29 is 9.53 Å². The second kappa shape index (κ2) is 11.5. The molecule has 0 bridgehead atoms. The monoisotopic (exact) mass is 509 g/mol. The van der Waals surface area contributed by atoms with Crippen LogP contribution in [0.3, 0.4) is 0 Å². The minimum absolute atomic E-state index is 0.142. The molecule has 1 aromatic heterocycles. The molecule has 37 heavy (non-hydrogen) atoms. The molecule has 1 heterocycles.